The molecule has 0 aromatic heterocycles. The second kappa shape index (κ2) is 11.4. The molecule has 3 rings (SSSR count). The average molecular weight is 478 g/mol. The molecule has 178 valence electrons. The zero-order valence-corrected chi connectivity index (χ0v) is 19.3. The standard InChI is InChI=1S/C23H28FN3O5S/c1-2-32-23(29)17-26(15-18-8-10-19(24)11-9-18)16-22(28)25-20-6-5-7-21(14-20)33(30,31)27-12-3-4-13-27/h5-11,14H,2-4,12-13,15-17H2,1H3,(H,25,28). The van der Waals surface area contributed by atoms with Gasteiger partial charge < -0.3 is 10.1 Å². The quantitative estimate of drug-likeness (QED) is 0.529. The Labute approximate surface area is 193 Å². The molecule has 0 aliphatic carbocycles. The van der Waals surface area contributed by atoms with Gasteiger partial charge in [0.1, 0.15) is 5.82 Å². The third-order valence-electron chi connectivity index (χ3n) is 5.17. The molecule has 1 N–H and O–H groups in total. The first-order chi connectivity index (χ1) is 15.8. The van der Waals surface area contributed by atoms with Crippen LogP contribution in [0.3, 0.4) is 0 Å². The number of rotatable bonds is 10. The van der Waals surface area contributed by atoms with E-state index in [2.05, 4.69) is 5.32 Å². The van der Waals surface area contributed by atoms with Gasteiger partial charge in [0.15, 0.2) is 0 Å². The minimum Gasteiger partial charge on any atom is -0.465 e. The molecule has 1 amide bonds. The Kier molecular flexibility index (Phi) is 8.54. The lowest BCUT2D eigenvalue weighted by Crippen LogP contribution is -2.37. The molecule has 1 aliphatic heterocycles. The molecule has 33 heavy (non-hydrogen) atoms. The Morgan fingerprint density at radius 3 is 2.45 bits per heavy atom. The summed E-state index contributed by atoms with van der Waals surface area (Å²) >= 11 is 0. The number of esters is 1. The minimum atomic E-state index is -3.61. The summed E-state index contributed by atoms with van der Waals surface area (Å²) in [4.78, 5) is 26.4. The summed E-state index contributed by atoms with van der Waals surface area (Å²) in [7, 11) is -3.61. The van der Waals surface area contributed by atoms with Crippen molar-refractivity contribution >= 4 is 27.6 Å². The molecule has 0 saturated carbocycles. The van der Waals surface area contributed by atoms with Crippen molar-refractivity contribution in [2.24, 2.45) is 0 Å². The summed E-state index contributed by atoms with van der Waals surface area (Å²) < 4.78 is 45.2. The maximum atomic E-state index is 13.2. The SMILES string of the molecule is CCOC(=O)CN(CC(=O)Nc1cccc(S(=O)(=O)N2CCCC2)c1)Cc1ccc(F)cc1. The number of carbonyl (C=O) groups excluding carboxylic acids is 2. The first-order valence-electron chi connectivity index (χ1n) is 10.8. The van der Waals surface area contributed by atoms with E-state index in [-0.39, 0.29) is 37.0 Å². The predicted octanol–water partition coefficient (Wildman–Crippen LogP) is 2.61. The number of anilines is 1. The van der Waals surface area contributed by atoms with Gasteiger partial charge in [-0.2, -0.15) is 4.31 Å². The van der Waals surface area contributed by atoms with Crippen molar-refractivity contribution in [1.29, 1.82) is 0 Å². The first kappa shape index (κ1) is 24.8. The zero-order chi connectivity index (χ0) is 23.8. The van der Waals surface area contributed by atoms with Crippen LogP contribution >= 0.6 is 0 Å². The lowest BCUT2D eigenvalue weighted by atomic mass is 10.2. The molecular formula is C23H28FN3O5S. The van der Waals surface area contributed by atoms with E-state index in [1.807, 2.05) is 0 Å². The lowest BCUT2D eigenvalue weighted by Gasteiger charge is -2.21. The number of hydrogen-bond acceptors (Lipinski definition) is 6. The molecule has 1 heterocycles. The van der Waals surface area contributed by atoms with Gasteiger partial charge >= 0.3 is 5.97 Å². The topological polar surface area (TPSA) is 96.0 Å². The molecule has 0 atom stereocenters. The molecule has 1 aliphatic rings. The van der Waals surface area contributed by atoms with Crippen molar-refractivity contribution < 1.29 is 27.1 Å². The maximum Gasteiger partial charge on any atom is 0.320 e. The van der Waals surface area contributed by atoms with Crippen LogP contribution in [0.15, 0.2) is 53.4 Å². The van der Waals surface area contributed by atoms with E-state index >= 15 is 0 Å². The van der Waals surface area contributed by atoms with E-state index in [0.29, 0.717) is 18.8 Å². The van der Waals surface area contributed by atoms with Crippen LogP contribution in [0.1, 0.15) is 25.3 Å². The number of ether oxygens (including phenoxy) is 1. The monoisotopic (exact) mass is 477 g/mol. The number of nitrogens with zero attached hydrogens (tertiary/aromatic N) is 2. The highest BCUT2D eigenvalue weighted by Gasteiger charge is 2.27. The third-order valence-corrected chi connectivity index (χ3v) is 7.06. The molecule has 0 radical (unpaired) electrons. The van der Waals surface area contributed by atoms with Gasteiger partial charge in [0.25, 0.3) is 0 Å². The van der Waals surface area contributed by atoms with Gasteiger partial charge in [-0.25, -0.2) is 12.8 Å². The van der Waals surface area contributed by atoms with E-state index in [1.54, 1.807) is 36.1 Å². The molecular weight excluding hydrogens is 449 g/mol. The zero-order valence-electron chi connectivity index (χ0n) is 18.5. The van der Waals surface area contributed by atoms with E-state index in [9.17, 15) is 22.4 Å². The molecule has 10 heteroatoms. The fraction of sp³-hybridized carbons (Fsp3) is 0.391. The molecule has 0 spiro atoms. The van der Waals surface area contributed by atoms with Gasteiger partial charge in [-0.3, -0.25) is 14.5 Å². The van der Waals surface area contributed by atoms with Crippen LogP contribution < -0.4 is 5.32 Å². The number of benzene rings is 2. The van der Waals surface area contributed by atoms with Crippen molar-refractivity contribution in [3.8, 4) is 0 Å². The number of halogens is 1. The van der Waals surface area contributed by atoms with Crippen molar-refractivity contribution in [2.45, 2.75) is 31.2 Å². The molecule has 2 aromatic carbocycles. The summed E-state index contributed by atoms with van der Waals surface area (Å²) in [6.45, 7) is 2.86. The molecule has 0 unspecified atom stereocenters. The minimum absolute atomic E-state index is 0.122. The van der Waals surface area contributed by atoms with Crippen LogP contribution in [0.2, 0.25) is 0 Å². The molecule has 0 bridgehead atoms. The number of sulfonamides is 1. The summed E-state index contributed by atoms with van der Waals surface area (Å²) in [5, 5.41) is 2.70. The second-order valence-corrected chi connectivity index (χ2v) is 9.70. The van der Waals surface area contributed by atoms with Crippen LogP contribution in [0.4, 0.5) is 10.1 Å². The Morgan fingerprint density at radius 2 is 1.79 bits per heavy atom. The van der Waals surface area contributed by atoms with Gasteiger partial charge in [0.2, 0.25) is 15.9 Å². The van der Waals surface area contributed by atoms with Crippen molar-refractivity contribution in [3.63, 3.8) is 0 Å². The van der Waals surface area contributed by atoms with Gasteiger partial charge in [-0.05, 0) is 55.7 Å². The van der Waals surface area contributed by atoms with Crippen molar-refractivity contribution in [2.75, 3.05) is 38.1 Å². The summed E-state index contributed by atoms with van der Waals surface area (Å²) in [5.41, 5.74) is 1.07. The van der Waals surface area contributed by atoms with Crippen LogP contribution in [-0.2, 0) is 30.9 Å². The highest BCUT2D eigenvalue weighted by Crippen LogP contribution is 2.23. The second-order valence-electron chi connectivity index (χ2n) is 7.76. The van der Waals surface area contributed by atoms with Gasteiger partial charge in [0.05, 0.1) is 24.6 Å². The Bertz CT molecular complexity index is 1070. The highest BCUT2D eigenvalue weighted by atomic mass is 32.2. The lowest BCUT2D eigenvalue weighted by molar-refractivity contribution is -0.144. The largest absolute Gasteiger partial charge is 0.465 e. The predicted molar refractivity (Wildman–Crippen MR) is 121 cm³/mol. The van der Waals surface area contributed by atoms with Crippen molar-refractivity contribution in [1.82, 2.24) is 9.21 Å². The Balaban J connectivity index is 1.68. The number of hydrogen-bond donors (Lipinski definition) is 1. The Morgan fingerprint density at radius 1 is 1.09 bits per heavy atom. The van der Waals surface area contributed by atoms with E-state index in [4.69, 9.17) is 4.74 Å². The summed E-state index contributed by atoms with van der Waals surface area (Å²) in [6, 6.07) is 11.9. The average Bonchev–Trinajstić information content (AvgIpc) is 3.31. The molecule has 8 nitrogen and oxygen atoms in total. The fourth-order valence-corrected chi connectivity index (χ4v) is 5.18. The van der Waals surface area contributed by atoms with Crippen LogP contribution in [0, 0.1) is 5.82 Å². The number of carbonyl (C=O) groups is 2. The van der Waals surface area contributed by atoms with Crippen LogP contribution in [0.25, 0.3) is 0 Å². The van der Waals surface area contributed by atoms with E-state index in [1.165, 1.54) is 28.6 Å². The first-order valence-corrected chi connectivity index (χ1v) is 12.2. The van der Waals surface area contributed by atoms with Crippen LogP contribution in [-0.4, -0.2) is 62.3 Å². The smallest absolute Gasteiger partial charge is 0.320 e. The van der Waals surface area contributed by atoms with E-state index in [0.717, 1.165) is 18.4 Å². The summed E-state index contributed by atoms with van der Waals surface area (Å²) in [6.07, 6.45) is 1.67. The highest BCUT2D eigenvalue weighted by molar-refractivity contribution is 7.89. The van der Waals surface area contributed by atoms with Gasteiger partial charge in [0, 0.05) is 25.3 Å². The summed E-state index contributed by atoms with van der Waals surface area (Å²) in [5.74, 6) is -1.28. The van der Waals surface area contributed by atoms with Gasteiger partial charge in [-0.15, -0.1) is 0 Å². The third kappa shape index (κ3) is 7.08. The normalized spacial score (nSPS) is 14.4. The molecule has 2 aromatic rings. The molecule has 1 fully saturated rings. The van der Waals surface area contributed by atoms with Crippen molar-refractivity contribution in [3.05, 3.63) is 59.9 Å². The van der Waals surface area contributed by atoms with Gasteiger partial charge in [-0.1, -0.05) is 18.2 Å². The Hall–Kier alpha value is -2.82. The number of amides is 1. The fourth-order valence-electron chi connectivity index (χ4n) is 3.62. The number of nitrogens with one attached hydrogen (secondary N) is 1. The molecule has 1 saturated heterocycles. The maximum absolute atomic E-state index is 13.2. The van der Waals surface area contributed by atoms with Crippen LogP contribution in [0.5, 0.6) is 0 Å². The van der Waals surface area contributed by atoms with E-state index < -0.39 is 21.9 Å².